The van der Waals surface area contributed by atoms with E-state index in [2.05, 4.69) is 24.1 Å². The fourth-order valence-corrected chi connectivity index (χ4v) is 1.44. The van der Waals surface area contributed by atoms with Crippen molar-refractivity contribution in [3.05, 3.63) is 29.8 Å². The molecule has 0 spiro atoms. The third-order valence-electron chi connectivity index (χ3n) is 2.35. The van der Waals surface area contributed by atoms with E-state index in [4.69, 9.17) is 17.6 Å². The van der Waals surface area contributed by atoms with Gasteiger partial charge in [0.15, 0.2) is 0 Å². The highest BCUT2D eigenvalue weighted by atomic mass is 16.5. The summed E-state index contributed by atoms with van der Waals surface area (Å²) >= 11 is 0. The number of terminal acetylenes is 2. The summed E-state index contributed by atoms with van der Waals surface area (Å²) < 4.78 is 5.46. The SMILES string of the molecule is C#CCOc1ccccc1CNC(C)CC#C. The van der Waals surface area contributed by atoms with E-state index in [0.29, 0.717) is 12.5 Å². The van der Waals surface area contributed by atoms with Gasteiger partial charge in [-0.05, 0) is 13.0 Å². The molecule has 0 radical (unpaired) electrons. The zero-order valence-corrected chi connectivity index (χ0v) is 10.1. The van der Waals surface area contributed by atoms with Crippen LogP contribution in [0.2, 0.25) is 0 Å². The summed E-state index contributed by atoms with van der Waals surface area (Å²) in [6.07, 6.45) is 11.1. The fraction of sp³-hybridized carbons (Fsp3) is 0.333. The van der Waals surface area contributed by atoms with Crippen LogP contribution in [0.15, 0.2) is 24.3 Å². The summed E-state index contributed by atoms with van der Waals surface area (Å²) in [5.41, 5.74) is 1.09. The van der Waals surface area contributed by atoms with E-state index in [0.717, 1.165) is 17.9 Å². The van der Waals surface area contributed by atoms with Gasteiger partial charge in [-0.3, -0.25) is 0 Å². The fourth-order valence-electron chi connectivity index (χ4n) is 1.44. The maximum Gasteiger partial charge on any atom is 0.148 e. The maximum absolute atomic E-state index is 5.46. The second-order valence-corrected chi connectivity index (χ2v) is 3.79. The number of nitrogens with one attached hydrogen (secondary N) is 1. The summed E-state index contributed by atoms with van der Waals surface area (Å²) in [4.78, 5) is 0. The molecular formula is C15H17NO. The van der Waals surface area contributed by atoms with Crippen molar-refractivity contribution >= 4 is 0 Å². The van der Waals surface area contributed by atoms with Crippen LogP contribution in [0.1, 0.15) is 18.9 Å². The second kappa shape index (κ2) is 7.39. The Kier molecular flexibility index (Phi) is 5.72. The third kappa shape index (κ3) is 4.64. The van der Waals surface area contributed by atoms with Crippen molar-refractivity contribution in [2.75, 3.05) is 6.61 Å². The highest BCUT2D eigenvalue weighted by molar-refractivity contribution is 5.33. The Balaban J connectivity index is 2.58. The molecule has 1 atom stereocenters. The molecule has 0 saturated heterocycles. The first-order valence-corrected chi connectivity index (χ1v) is 5.59. The molecule has 0 aliphatic carbocycles. The van der Waals surface area contributed by atoms with Gasteiger partial charge in [-0.15, -0.1) is 18.8 Å². The van der Waals surface area contributed by atoms with E-state index in [-0.39, 0.29) is 6.61 Å². The largest absolute Gasteiger partial charge is 0.481 e. The molecule has 0 saturated carbocycles. The zero-order chi connectivity index (χ0) is 12.5. The minimum atomic E-state index is 0.289. The molecule has 1 N–H and O–H groups in total. The van der Waals surface area contributed by atoms with Gasteiger partial charge < -0.3 is 10.1 Å². The van der Waals surface area contributed by atoms with Crippen molar-refractivity contribution < 1.29 is 4.74 Å². The molecule has 2 heteroatoms. The van der Waals surface area contributed by atoms with Gasteiger partial charge >= 0.3 is 0 Å². The topological polar surface area (TPSA) is 21.3 Å². The molecular weight excluding hydrogens is 210 g/mol. The van der Waals surface area contributed by atoms with Crippen LogP contribution in [-0.4, -0.2) is 12.6 Å². The van der Waals surface area contributed by atoms with Crippen LogP contribution >= 0.6 is 0 Å². The molecule has 0 aromatic heterocycles. The van der Waals surface area contributed by atoms with Crippen molar-refractivity contribution in [1.29, 1.82) is 0 Å². The van der Waals surface area contributed by atoms with E-state index in [9.17, 15) is 0 Å². The van der Waals surface area contributed by atoms with Crippen molar-refractivity contribution in [1.82, 2.24) is 5.32 Å². The molecule has 0 heterocycles. The minimum absolute atomic E-state index is 0.289. The van der Waals surface area contributed by atoms with Gasteiger partial charge in [0, 0.05) is 24.6 Å². The number of benzene rings is 1. The van der Waals surface area contributed by atoms with Crippen LogP contribution in [0.3, 0.4) is 0 Å². The van der Waals surface area contributed by atoms with Crippen molar-refractivity contribution in [2.45, 2.75) is 25.9 Å². The predicted molar refractivity (Wildman–Crippen MR) is 70.5 cm³/mol. The van der Waals surface area contributed by atoms with Crippen molar-refractivity contribution in [3.8, 4) is 30.4 Å². The molecule has 0 aliphatic rings. The van der Waals surface area contributed by atoms with Gasteiger partial charge in [-0.25, -0.2) is 0 Å². The minimum Gasteiger partial charge on any atom is -0.481 e. The Morgan fingerprint density at radius 1 is 1.29 bits per heavy atom. The Hall–Kier alpha value is -1.90. The van der Waals surface area contributed by atoms with Crippen LogP contribution in [0.4, 0.5) is 0 Å². The third-order valence-corrected chi connectivity index (χ3v) is 2.35. The quantitative estimate of drug-likeness (QED) is 0.752. The molecule has 17 heavy (non-hydrogen) atoms. The van der Waals surface area contributed by atoms with Gasteiger partial charge in [-0.2, -0.15) is 0 Å². The van der Waals surface area contributed by atoms with Crippen LogP contribution < -0.4 is 10.1 Å². The first-order chi connectivity index (χ1) is 8.27. The van der Waals surface area contributed by atoms with Crippen molar-refractivity contribution in [3.63, 3.8) is 0 Å². The summed E-state index contributed by atoms with van der Waals surface area (Å²) in [7, 11) is 0. The first kappa shape index (κ1) is 13.2. The molecule has 0 fully saturated rings. The van der Waals surface area contributed by atoms with Crippen LogP contribution in [0.25, 0.3) is 0 Å². The lowest BCUT2D eigenvalue weighted by Gasteiger charge is -2.13. The van der Waals surface area contributed by atoms with E-state index in [1.807, 2.05) is 24.3 Å². The zero-order valence-electron chi connectivity index (χ0n) is 10.1. The van der Waals surface area contributed by atoms with Gasteiger partial charge in [0.2, 0.25) is 0 Å². The monoisotopic (exact) mass is 227 g/mol. The predicted octanol–water partition coefficient (Wildman–Crippen LogP) is 2.20. The Bertz CT molecular complexity index is 425. The standard InChI is InChI=1S/C15H17NO/c1-4-8-13(3)16-12-14-9-6-7-10-15(14)17-11-5-2/h1-2,6-7,9-10,13,16H,8,11-12H2,3H3. The van der Waals surface area contributed by atoms with Gasteiger partial charge in [-0.1, -0.05) is 24.1 Å². The van der Waals surface area contributed by atoms with E-state index in [1.54, 1.807) is 0 Å². The van der Waals surface area contributed by atoms with E-state index < -0.39 is 0 Å². The van der Waals surface area contributed by atoms with Crippen molar-refractivity contribution in [2.24, 2.45) is 0 Å². The van der Waals surface area contributed by atoms with E-state index >= 15 is 0 Å². The molecule has 1 aromatic carbocycles. The second-order valence-electron chi connectivity index (χ2n) is 3.79. The average Bonchev–Trinajstić information content (AvgIpc) is 2.35. The Labute approximate surface area is 103 Å². The van der Waals surface area contributed by atoms with Crippen LogP contribution in [0.5, 0.6) is 5.75 Å². The number of hydrogen-bond donors (Lipinski definition) is 1. The number of ether oxygens (including phenoxy) is 1. The van der Waals surface area contributed by atoms with Crippen LogP contribution in [-0.2, 0) is 6.54 Å². The Morgan fingerprint density at radius 3 is 2.76 bits per heavy atom. The lowest BCUT2D eigenvalue weighted by Crippen LogP contribution is -2.25. The highest BCUT2D eigenvalue weighted by Gasteiger charge is 2.04. The number of hydrogen-bond acceptors (Lipinski definition) is 2. The number of rotatable bonds is 6. The molecule has 0 amide bonds. The summed E-state index contributed by atoms with van der Waals surface area (Å²) in [5.74, 6) is 5.92. The summed E-state index contributed by atoms with van der Waals surface area (Å²) in [6.45, 7) is 3.07. The van der Waals surface area contributed by atoms with Crippen LogP contribution in [0, 0.1) is 24.7 Å². The highest BCUT2D eigenvalue weighted by Crippen LogP contribution is 2.17. The lowest BCUT2D eigenvalue weighted by molar-refractivity contribution is 0.364. The van der Waals surface area contributed by atoms with Gasteiger partial charge in [0.05, 0.1) is 0 Å². The summed E-state index contributed by atoms with van der Waals surface area (Å²) in [5, 5.41) is 3.34. The first-order valence-electron chi connectivity index (χ1n) is 5.59. The maximum atomic E-state index is 5.46. The van der Waals surface area contributed by atoms with E-state index in [1.165, 1.54) is 0 Å². The number of para-hydroxylation sites is 1. The molecule has 2 nitrogen and oxygen atoms in total. The molecule has 0 bridgehead atoms. The molecule has 1 unspecified atom stereocenters. The summed E-state index contributed by atoms with van der Waals surface area (Å²) in [6, 6.07) is 8.13. The lowest BCUT2D eigenvalue weighted by atomic mass is 10.1. The molecule has 1 aromatic rings. The molecule has 88 valence electrons. The smallest absolute Gasteiger partial charge is 0.148 e. The average molecular weight is 227 g/mol. The normalized spacial score (nSPS) is 11.2. The van der Waals surface area contributed by atoms with Gasteiger partial charge in [0.1, 0.15) is 12.4 Å². The molecule has 0 aliphatic heterocycles. The van der Waals surface area contributed by atoms with Gasteiger partial charge in [0.25, 0.3) is 0 Å². The Morgan fingerprint density at radius 2 is 2.06 bits per heavy atom. The molecule has 1 rings (SSSR count).